The van der Waals surface area contributed by atoms with Crippen LogP contribution in [0.4, 0.5) is 5.69 Å². The molecule has 39 heavy (non-hydrogen) atoms. The van der Waals surface area contributed by atoms with Gasteiger partial charge in [0.15, 0.2) is 9.84 Å². The van der Waals surface area contributed by atoms with Gasteiger partial charge in [-0.25, -0.2) is 8.42 Å². The number of pyridine rings is 1. The first-order valence-corrected chi connectivity index (χ1v) is 15.2. The summed E-state index contributed by atoms with van der Waals surface area (Å²) in [7, 11) is -3.64. The standard InChI is InChI=1S/C31H32ClN3O3S/c1-23-19-29(11-15-33-23)34-16-12-28(13-17-34)35(22-24-5-3-2-4-6-24)31(36)14-18-39(37,38)30-10-8-25-20-27(32)9-7-26(25)21-30/h2-11,15,19-21,28H,12-14,16-18,22H2,1H3. The summed E-state index contributed by atoms with van der Waals surface area (Å²) in [4.78, 5) is 22.3. The summed E-state index contributed by atoms with van der Waals surface area (Å²) in [5, 5.41) is 2.28. The molecule has 1 aromatic heterocycles. The summed E-state index contributed by atoms with van der Waals surface area (Å²) >= 11 is 6.06. The molecule has 0 spiro atoms. The fourth-order valence-corrected chi connectivity index (χ4v) is 6.68. The van der Waals surface area contributed by atoms with Crippen molar-refractivity contribution in [2.45, 2.75) is 43.7 Å². The van der Waals surface area contributed by atoms with E-state index in [4.69, 9.17) is 11.6 Å². The van der Waals surface area contributed by atoms with Crippen molar-refractivity contribution in [1.29, 1.82) is 0 Å². The minimum Gasteiger partial charge on any atom is -0.371 e. The highest BCUT2D eigenvalue weighted by Crippen LogP contribution is 2.26. The average Bonchev–Trinajstić information content (AvgIpc) is 2.95. The van der Waals surface area contributed by atoms with E-state index in [-0.39, 0.29) is 29.0 Å². The fourth-order valence-electron chi connectivity index (χ4n) is 5.24. The van der Waals surface area contributed by atoms with Gasteiger partial charge in [0.2, 0.25) is 5.91 Å². The van der Waals surface area contributed by atoms with Crippen molar-refractivity contribution in [2.24, 2.45) is 0 Å². The maximum absolute atomic E-state index is 13.6. The fraction of sp³-hybridized carbons (Fsp3) is 0.290. The minimum absolute atomic E-state index is 0.0463. The Labute approximate surface area is 235 Å². The van der Waals surface area contributed by atoms with Crippen LogP contribution in [0.25, 0.3) is 10.8 Å². The molecular formula is C31H32ClN3O3S. The number of aryl methyl sites for hydroxylation is 1. The van der Waals surface area contributed by atoms with Gasteiger partial charge in [-0.1, -0.05) is 54.1 Å². The number of halogens is 1. The first-order chi connectivity index (χ1) is 18.8. The highest BCUT2D eigenvalue weighted by atomic mass is 35.5. The van der Waals surface area contributed by atoms with Gasteiger partial charge >= 0.3 is 0 Å². The number of sulfone groups is 1. The number of nitrogens with zero attached hydrogens (tertiary/aromatic N) is 3. The van der Waals surface area contributed by atoms with Crippen LogP contribution in [0.3, 0.4) is 0 Å². The SMILES string of the molecule is Cc1cc(N2CCC(N(Cc3ccccc3)C(=O)CCS(=O)(=O)c3ccc4cc(Cl)ccc4c3)CC2)ccn1. The van der Waals surface area contributed by atoms with Crippen LogP contribution in [0.2, 0.25) is 5.02 Å². The van der Waals surface area contributed by atoms with Gasteiger partial charge in [0, 0.05) is 54.7 Å². The zero-order valence-corrected chi connectivity index (χ0v) is 23.5. The average molecular weight is 562 g/mol. The van der Waals surface area contributed by atoms with E-state index in [1.54, 1.807) is 30.3 Å². The second kappa shape index (κ2) is 11.8. The Morgan fingerprint density at radius 3 is 2.44 bits per heavy atom. The second-order valence-corrected chi connectivity index (χ2v) is 12.6. The lowest BCUT2D eigenvalue weighted by atomic mass is 10.0. The van der Waals surface area contributed by atoms with Crippen LogP contribution in [-0.4, -0.2) is 49.1 Å². The van der Waals surface area contributed by atoms with E-state index in [0.717, 1.165) is 53.6 Å². The molecule has 5 rings (SSSR count). The predicted molar refractivity (Wildman–Crippen MR) is 157 cm³/mol. The first kappa shape index (κ1) is 27.2. The lowest BCUT2D eigenvalue weighted by molar-refractivity contribution is -0.134. The molecule has 1 fully saturated rings. The van der Waals surface area contributed by atoms with Crippen LogP contribution in [-0.2, 0) is 21.2 Å². The molecule has 1 aliphatic heterocycles. The number of hydrogen-bond donors (Lipinski definition) is 0. The lowest BCUT2D eigenvalue weighted by Crippen LogP contribution is -2.47. The molecule has 8 heteroatoms. The Morgan fingerprint density at radius 1 is 0.974 bits per heavy atom. The number of fused-ring (bicyclic) bond motifs is 1. The van der Waals surface area contributed by atoms with Gasteiger partial charge in [-0.15, -0.1) is 0 Å². The molecule has 4 aromatic rings. The summed E-state index contributed by atoms with van der Waals surface area (Å²) < 4.78 is 26.4. The van der Waals surface area contributed by atoms with Crippen molar-refractivity contribution in [2.75, 3.05) is 23.7 Å². The van der Waals surface area contributed by atoms with Crippen molar-refractivity contribution in [3.63, 3.8) is 0 Å². The zero-order chi connectivity index (χ0) is 27.4. The summed E-state index contributed by atoms with van der Waals surface area (Å²) in [5.74, 6) is -0.362. The van der Waals surface area contributed by atoms with Crippen LogP contribution in [0.15, 0.2) is 90.0 Å². The number of benzene rings is 3. The minimum atomic E-state index is -3.64. The van der Waals surface area contributed by atoms with Gasteiger partial charge in [0.1, 0.15) is 0 Å². The van der Waals surface area contributed by atoms with E-state index < -0.39 is 9.84 Å². The zero-order valence-electron chi connectivity index (χ0n) is 22.0. The molecular weight excluding hydrogens is 530 g/mol. The maximum Gasteiger partial charge on any atom is 0.224 e. The molecule has 6 nitrogen and oxygen atoms in total. The Kier molecular flexibility index (Phi) is 8.19. The Hall–Kier alpha value is -3.42. The van der Waals surface area contributed by atoms with Crippen LogP contribution < -0.4 is 4.90 Å². The molecule has 2 heterocycles. The Bertz CT molecular complexity index is 1570. The van der Waals surface area contributed by atoms with E-state index in [1.165, 1.54) is 0 Å². The number of hydrogen-bond acceptors (Lipinski definition) is 5. The number of rotatable bonds is 8. The molecule has 0 N–H and O–H groups in total. The monoisotopic (exact) mass is 561 g/mol. The van der Waals surface area contributed by atoms with Gasteiger partial charge < -0.3 is 9.80 Å². The van der Waals surface area contributed by atoms with Gasteiger partial charge in [-0.2, -0.15) is 0 Å². The third-order valence-electron chi connectivity index (χ3n) is 7.38. The quantitative estimate of drug-likeness (QED) is 0.261. The van der Waals surface area contributed by atoms with Crippen LogP contribution >= 0.6 is 11.6 Å². The Morgan fingerprint density at radius 2 is 1.69 bits per heavy atom. The number of carbonyl (C=O) groups excluding carboxylic acids is 1. The molecule has 0 bridgehead atoms. The van der Waals surface area contributed by atoms with Crippen LogP contribution in [0.5, 0.6) is 0 Å². The largest absolute Gasteiger partial charge is 0.371 e. The number of anilines is 1. The van der Waals surface area contributed by atoms with Gasteiger partial charge in [0.05, 0.1) is 10.6 Å². The van der Waals surface area contributed by atoms with Crippen molar-refractivity contribution in [3.8, 4) is 0 Å². The second-order valence-electron chi connectivity index (χ2n) is 10.1. The lowest BCUT2D eigenvalue weighted by Gasteiger charge is -2.39. The van der Waals surface area contributed by atoms with Crippen LogP contribution in [0.1, 0.15) is 30.5 Å². The van der Waals surface area contributed by atoms with Crippen molar-refractivity contribution >= 4 is 43.8 Å². The molecule has 0 unspecified atom stereocenters. The molecule has 1 aliphatic rings. The van der Waals surface area contributed by atoms with E-state index in [2.05, 4.69) is 16.0 Å². The molecule has 0 radical (unpaired) electrons. The number of piperidine rings is 1. The van der Waals surface area contributed by atoms with Gasteiger partial charge in [-0.3, -0.25) is 9.78 Å². The van der Waals surface area contributed by atoms with Gasteiger partial charge in [-0.05, 0) is 72.5 Å². The number of aromatic nitrogens is 1. The van der Waals surface area contributed by atoms with Crippen molar-refractivity contribution < 1.29 is 13.2 Å². The molecule has 0 atom stereocenters. The molecule has 0 aliphatic carbocycles. The van der Waals surface area contributed by atoms with E-state index in [9.17, 15) is 13.2 Å². The van der Waals surface area contributed by atoms with Crippen LogP contribution in [0, 0.1) is 6.92 Å². The summed E-state index contributed by atoms with van der Waals surface area (Å²) in [6, 6.07) is 24.4. The van der Waals surface area contributed by atoms with E-state index in [0.29, 0.717) is 11.6 Å². The molecule has 202 valence electrons. The maximum atomic E-state index is 13.6. The first-order valence-electron chi connectivity index (χ1n) is 13.2. The highest BCUT2D eigenvalue weighted by Gasteiger charge is 2.29. The molecule has 3 aromatic carbocycles. The number of amides is 1. The molecule has 0 saturated carbocycles. The summed E-state index contributed by atoms with van der Waals surface area (Å²) in [6.07, 6.45) is 3.41. The smallest absolute Gasteiger partial charge is 0.224 e. The normalized spacial score (nSPS) is 14.5. The third-order valence-corrected chi connectivity index (χ3v) is 9.33. The molecule has 1 saturated heterocycles. The van der Waals surface area contributed by atoms with E-state index >= 15 is 0 Å². The van der Waals surface area contributed by atoms with Crippen molar-refractivity contribution in [1.82, 2.24) is 9.88 Å². The Balaban J connectivity index is 1.29. The highest BCUT2D eigenvalue weighted by molar-refractivity contribution is 7.91. The van der Waals surface area contributed by atoms with Crippen molar-refractivity contribution in [3.05, 3.63) is 101 Å². The summed E-state index contributed by atoms with van der Waals surface area (Å²) in [6.45, 7) is 4.10. The predicted octanol–water partition coefficient (Wildman–Crippen LogP) is 6.06. The third kappa shape index (κ3) is 6.60. The number of carbonyl (C=O) groups is 1. The summed E-state index contributed by atoms with van der Waals surface area (Å²) in [5.41, 5.74) is 3.16. The van der Waals surface area contributed by atoms with Gasteiger partial charge in [0.25, 0.3) is 0 Å². The van der Waals surface area contributed by atoms with E-state index in [1.807, 2.05) is 60.5 Å². The topological polar surface area (TPSA) is 70.6 Å². The molecule has 1 amide bonds.